The highest BCUT2D eigenvalue weighted by molar-refractivity contribution is 5.96. The molecule has 367 valence electrons. The van der Waals surface area contributed by atoms with Crippen LogP contribution < -0.4 is 31.2 Å². The summed E-state index contributed by atoms with van der Waals surface area (Å²) in [5.41, 5.74) is 13.9. The number of carbonyl (C=O) groups excluding carboxylic acids is 1. The first-order chi connectivity index (χ1) is 33.1. The SMILES string of the molecule is CN1CCCCC1C(=O)O.Cc1ccc(Nc2ncc(-c3ccc(OC(F)F)cc3)cn2)cc1N.Cc1ccc(Nc2ncc(-c3ccc(OC(F)F)cc3)cn2)cc1NC(=O)C1CCCCN1C.[B]. The molecular formula is C50H56BF4N10O5. The van der Waals surface area contributed by atoms with Gasteiger partial charge in [0.25, 0.3) is 0 Å². The minimum absolute atomic E-state index is 0. The van der Waals surface area contributed by atoms with E-state index < -0.39 is 19.2 Å². The molecule has 0 bridgehead atoms. The number of halogens is 4. The summed E-state index contributed by atoms with van der Waals surface area (Å²) in [4.78, 5) is 44.6. The van der Waals surface area contributed by atoms with Crippen molar-refractivity contribution in [2.24, 2.45) is 0 Å². The highest BCUT2D eigenvalue weighted by atomic mass is 19.3. The summed E-state index contributed by atoms with van der Waals surface area (Å²) in [5, 5.41) is 18.0. The number of aryl methyl sites for hydroxylation is 2. The Hall–Kier alpha value is -7.32. The number of nitrogens with zero attached hydrogens (tertiary/aromatic N) is 6. The third kappa shape index (κ3) is 15.9. The molecule has 70 heavy (non-hydrogen) atoms. The molecule has 3 radical (unpaired) electrons. The van der Waals surface area contributed by atoms with E-state index in [1.807, 2.05) is 69.2 Å². The number of benzene rings is 4. The highest BCUT2D eigenvalue weighted by Crippen LogP contribution is 2.28. The lowest BCUT2D eigenvalue weighted by molar-refractivity contribution is -0.143. The molecule has 2 atom stereocenters. The van der Waals surface area contributed by atoms with Crippen molar-refractivity contribution in [3.63, 3.8) is 0 Å². The molecular weight excluding hydrogens is 907 g/mol. The fourth-order valence-corrected chi connectivity index (χ4v) is 7.56. The molecule has 0 saturated carbocycles. The maximum absolute atomic E-state index is 12.8. The molecule has 8 rings (SSSR count). The van der Waals surface area contributed by atoms with Gasteiger partial charge in [0.05, 0.1) is 6.04 Å². The molecule has 0 aliphatic carbocycles. The van der Waals surface area contributed by atoms with Gasteiger partial charge in [0.15, 0.2) is 0 Å². The number of piperidine rings is 2. The number of nitrogens with one attached hydrogen (secondary N) is 3. The first-order valence-electron chi connectivity index (χ1n) is 22.3. The molecule has 6 N–H and O–H groups in total. The van der Waals surface area contributed by atoms with E-state index in [2.05, 4.69) is 50.3 Å². The summed E-state index contributed by atoms with van der Waals surface area (Å²) in [7, 11) is 3.86. The average molecular weight is 964 g/mol. The molecule has 4 heterocycles. The second kappa shape index (κ2) is 25.9. The number of carboxylic acids is 1. The van der Waals surface area contributed by atoms with E-state index in [0.29, 0.717) is 17.6 Å². The number of aromatic nitrogens is 4. The third-order valence-electron chi connectivity index (χ3n) is 11.5. The van der Waals surface area contributed by atoms with E-state index in [-0.39, 0.29) is 37.9 Å². The van der Waals surface area contributed by atoms with Crippen molar-refractivity contribution in [3.8, 4) is 33.8 Å². The monoisotopic (exact) mass is 963 g/mol. The second-order valence-electron chi connectivity index (χ2n) is 16.6. The number of nitrogen functional groups attached to an aromatic ring is 1. The van der Waals surface area contributed by atoms with Crippen LogP contribution >= 0.6 is 0 Å². The summed E-state index contributed by atoms with van der Waals surface area (Å²) in [6.07, 6.45) is 12.6. The molecule has 2 unspecified atom stereocenters. The van der Waals surface area contributed by atoms with E-state index in [1.54, 1.807) is 49.1 Å². The van der Waals surface area contributed by atoms with Gasteiger partial charge in [-0.3, -0.25) is 19.4 Å². The Bertz CT molecular complexity index is 2600. The molecule has 15 nitrogen and oxygen atoms in total. The van der Waals surface area contributed by atoms with Crippen molar-refractivity contribution in [1.29, 1.82) is 0 Å². The van der Waals surface area contributed by atoms with Crippen LogP contribution in [0, 0.1) is 13.8 Å². The molecule has 6 aromatic rings. The van der Waals surface area contributed by atoms with Crippen LogP contribution in [0.15, 0.2) is 110 Å². The number of rotatable bonds is 13. The van der Waals surface area contributed by atoms with Gasteiger partial charge in [0.2, 0.25) is 17.8 Å². The second-order valence-corrected chi connectivity index (χ2v) is 16.6. The predicted molar refractivity (Wildman–Crippen MR) is 264 cm³/mol. The minimum Gasteiger partial charge on any atom is -0.480 e. The first kappa shape index (κ1) is 53.6. The van der Waals surface area contributed by atoms with Crippen LogP contribution in [-0.4, -0.2) is 108 Å². The Balaban J connectivity index is 0.000000221. The van der Waals surface area contributed by atoms with Crippen LogP contribution in [0.3, 0.4) is 0 Å². The molecule has 2 fully saturated rings. The molecule has 2 saturated heterocycles. The average Bonchev–Trinajstić information content (AvgIpc) is 3.32. The maximum atomic E-state index is 12.8. The zero-order chi connectivity index (χ0) is 49.5. The number of amides is 1. The van der Waals surface area contributed by atoms with Crippen LogP contribution in [0.5, 0.6) is 11.5 Å². The van der Waals surface area contributed by atoms with E-state index in [9.17, 15) is 27.2 Å². The molecule has 1 amide bonds. The minimum atomic E-state index is -2.86. The van der Waals surface area contributed by atoms with Gasteiger partial charge in [-0.1, -0.05) is 49.2 Å². The topological polar surface area (TPSA) is 193 Å². The van der Waals surface area contributed by atoms with Gasteiger partial charge in [-0.25, -0.2) is 19.9 Å². The predicted octanol–water partition coefficient (Wildman–Crippen LogP) is 9.77. The number of nitrogens with two attached hydrogens (primary N) is 1. The Kier molecular flexibility index (Phi) is 19.8. The van der Waals surface area contributed by atoms with Crippen LogP contribution in [0.2, 0.25) is 0 Å². The Morgan fingerprint density at radius 2 is 1.06 bits per heavy atom. The normalized spacial score (nSPS) is 15.8. The van der Waals surface area contributed by atoms with Crippen molar-refractivity contribution in [2.75, 3.05) is 48.9 Å². The van der Waals surface area contributed by atoms with E-state index in [1.165, 1.54) is 24.3 Å². The van der Waals surface area contributed by atoms with Crippen molar-refractivity contribution < 1.29 is 41.7 Å². The van der Waals surface area contributed by atoms with Crippen molar-refractivity contribution in [2.45, 2.75) is 77.7 Å². The maximum Gasteiger partial charge on any atom is 0.387 e. The van der Waals surface area contributed by atoms with Gasteiger partial charge < -0.3 is 36.3 Å². The van der Waals surface area contributed by atoms with E-state index in [0.717, 1.165) is 102 Å². The highest BCUT2D eigenvalue weighted by Gasteiger charge is 2.27. The summed E-state index contributed by atoms with van der Waals surface area (Å²) in [6.45, 7) is 0.0463. The summed E-state index contributed by atoms with van der Waals surface area (Å²) < 4.78 is 57.6. The molecule has 2 aromatic heterocycles. The van der Waals surface area contributed by atoms with Gasteiger partial charge >= 0.3 is 19.2 Å². The lowest BCUT2D eigenvalue weighted by Crippen LogP contribution is -2.44. The third-order valence-corrected chi connectivity index (χ3v) is 11.5. The summed E-state index contributed by atoms with van der Waals surface area (Å²) in [6, 6.07) is 23.6. The largest absolute Gasteiger partial charge is 0.480 e. The summed E-state index contributed by atoms with van der Waals surface area (Å²) in [5.74, 6) is 0.361. The number of aliphatic carboxylic acids is 1. The van der Waals surface area contributed by atoms with Crippen molar-refractivity contribution in [1.82, 2.24) is 29.7 Å². The van der Waals surface area contributed by atoms with E-state index in [4.69, 9.17) is 10.8 Å². The molecule has 2 aliphatic heterocycles. The van der Waals surface area contributed by atoms with Gasteiger partial charge in [0.1, 0.15) is 17.5 Å². The Morgan fingerprint density at radius 1 is 0.629 bits per heavy atom. The smallest absolute Gasteiger partial charge is 0.387 e. The Morgan fingerprint density at radius 3 is 1.46 bits per heavy atom. The fourth-order valence-electron chi connectivity index (χ4n) is 7.56. The quantitative estimate of drug-likeness (QED) is 0.0417. The van der Waals surface area contributed by atoms with Crippen LogP contribution in [0.4, 0.5) is 52.2 Å². The number of likely N-dealkylation sites (tertiary alicyclic amines) is 2. The lowest BCUT2D eigenvalue weighted by Gasteiger charge is -2.31. The first-order valence-corrected chi connectivity index (χ1v) is 22.3. The number of ether oxygens (including phenoxy) is 2. The molecule has 4 aromatic carbocycles. The number of carboxylic acid groups (broad SMARTS) is 1. The van der Waals surface area contributed by atoms with Gasteiger partial charge in [-0.05, 0) is 138 Å². The summed E-state index contributed by atoms with van der Waals surface area (Å²) >= 11 is 0. The van der Waals surface area contributed by atoms with Gasteiger partial charge in [-0.15, -0.1) is 0 Å². The zero-order valence-electron chi connectivity index (χ0n) is 39.3. The number of anilines is 6. The Labute approximate surface area is 406 Å². The van der Waals surface area contributed by atoms with Gasteiger partial charge in [0, 0.05) is 67.1 Å². The van der Waals surface area contributed by atoms with Crippen molar-refractivity contribution >= 4 is 54.9 Å². The molecule has 0 spiro atoms. The molecule has 20 heteroatoms. The number of hydrogen-bond donors (Lipinski definition) is 5. The lowest BCUT2D eigenvalue weighted by atomic mass is 10.0. The zero-order valence-corrected chi connectivity index (χ0v) is 39.3. The van der Waals surface area contributed by atoms with E-state index >= 15 is 0 Å². The van der Waals surface area contributed by atoms with Crippen LogP contribution in [0.1, 0.15) is 49.7 Å². The number of likely N-dealkylation sites (N-methyl/N-ethyl adjacent to an activating group) is 2. The van der Waals surface area contributed by atoms with Gasteiger partial charge in [-0.2, -0.15) is 17.6 Å². The number of hydrogen-bond acceptors (Lipinski definition) is 13. The van der Waals surface area contributed by atoms with Crippen LogP contribution in [-0.2, 0) is 9.59 Å². The van der Waals surface area contributed by atoms with Crippen LogP contribution in [0.25, 0.3) is 22.3 Å². The number of alkyl halides is 4. The van der Waals surface area contributed by atoms with Crippen molar-refractivity contribution in [3.05, 3.63) is 121 Å². The standard InChI is InChI=1S/C25H27F2N5O2.C18H16F2N4O.C7H13NO2.B/c1-16-6-9-19(13-21(16)31-23(33)22-5-3-4-12-32(22)2)30-25-28-14-18(15-29-25)17-7-10-20(11-8-17)34-24(26)27;1-11-2-5-14(8-16(11)21)24-18-22-9-13(10-23-18)12-3-6-15(7-4-12)25-17(19)20;1-8-5-3-2-4-6(8)7(9)10;/h6-11,13-15,22,24H,3-5,12H2,1-2H3,(H,31,33)(H,28,29,30);2-10,17H,21H2,1H3,(H,22,23,24);6H,2-5H2,1H3,(H,9,10);. The number of carbonyl (C=O) groups is 2. The molecule has 2 aliphatic rings. The fraction of sp³-hybridized carbons (Fsp3) is 0.320.